The van der Waals surface area contributed by atoms with Crippen molar-refractivity contribution in [1.29, 1.82) is 0 Å². The molecule has 1 aromatic carbocycles. The van der Waals surface area contributed by atoms with Crippen LogP contribution in [0.25, 0.3) is 0 Å². The van der Waals surface area contributed by atoms with E-state index in [4.69, 9.17) is 42.6 Å². The number of aromatic nitrogens is 1. The molecule has 2 aliphatic heterocycles. The molecule has 7 rings (SSSR count). The molecule has 5 aliphatic rings. The van der Waals surface area contributed by atoms with Crippen molar-refractivity contribution >= 4 is 24.0 Å². The number of aliphatic hydroxyl groups is 1. The van der Waals surface area contributed by atoms with Crippen LogP contribution in [0.15, 0.2) is 59.8 Å². The molecule has 1 amide bonds. The highest BCUT2D eigenvalue weighted by molar-refractivity contribution is 5.89. The number of likely N-dealkylation sites (N-methyl/N-ethyl adjacent to an activating group) is 1. The van der Waals surface area contributed by atoms with Gasteiger partial charge in [-0.15, -0.1) is 0 Å². The molecule has 3 aliphatic carbocycles. The lowest BCUT2D eigenvalue weighted by Crippen LogP contribution is -2.79. The minimum Gasteiger partial charge on any atom is -0.456 e. The Morgan fingerprint density at radius 2 is 1.71 bits per heavy atom. The number of halogens is 1. The number of rotatable bonds is 13. The number of hydrogen-bond donors (Lipinski definition) is 2. The van der Waals surface area contributed by atoms with E-state index in [9.17, 15) is 19.5 Å². The SMILES string of the molecule is COC(C)(C)O[C@@H](C(=O)O[C@H]1C[C@@]2(O)[C@@H](OC(=O)c3ccccc3)[C@H]3[C@@](C)(CCC4OC[C@]43OC(C)=O)[C@@H]3O[C@H](CN(C)C)O[C@@H]3C(=C1C)C2(C)C)[C@H](NC(=O)OC(C)(C)C)c1ncccc1F. The molecule has 0 spiro atoms. The van der Waals surface area contributed by atoms with E-state index in [0.717, 1.165) is 6.07 Å². The first-order valence-corrected chi connectivity index (χ1v) is 23.2. The minimum absolute atomic E-state index is 0.0582. The van der Waals surface area contributed by atoms with Gasteiger partial charge < -0.3 is 58.0 Å². The van der Waals surface area contributed by atoms with Gasteiger partial charge in [0.1, 0.15) is 53.2 Å². The van der Waals surface area contributed by atoms with E-state index in [0.29, 0.717) is 30.5 Å². The van der Waals surface area contributed by atoms with E-state index in [-0.39, 0.29) is 24.3 Å². The summed E-state index contributed by atoms with van der Waals surface area (Å²) in [6.07, 6.45) is -6.90. The summed E-state index contributed by atoms with van der Waals surface area (Å²) in [4.78, 5) is 62.7. The van der Waals surface area contributed by atoms with Gasteiger partial charge in [0.25, 0.3) is 0 Å². The lowest BCUT2D eigenvalue weighted by Gasteiger charge is -2.68. The van der Waals surface area contributed by atoms with E-state index >= 15 is 9.18 Å². The summed E-state index contributed by atoms with van der Waals surface area (Å²) in [6, 6.07) is 9.17. The zero-order chi connectivity index (χ0) is 49.9. The number of carbonyl (C=O) groups excluding carboxylic acids is 4. The number of amides is 1. The second-order valence-corrected chi connectivity index (χ2v) is 21.3. The summed E-state index contributed by atoms with van der Waals surface area (Å²) in [6.45, 7) is 17.0. The average Bonchev–Trinajstić information content (AvgIpc) is 3.64. The number of ether oxygens (including phenoxy) is 9. The third kappa shape index (κ3) is 9.41. The number of esters is 3. The van der Waals surface area contributed by atoms with Crippen LogP contribution >= 0.6 is 0 Å². The summed E-state index contributed by atoms with van der Waals surface area (Å²) in [7, 11) is 5.12. The van der Waals surface area contributed by atoms with Crippen LogP contribution in [-0.2, 0) is 52.2 Å². The van der Waals surface area contributed by atoms with Gasteiger partial charge in [-0.1, -0.05) is 39.0 Å². The summed E-state index contributed by atoms with van der Waals surface area (Å²) in [5, 5.41) is 16.7. The number of alkyl carbamates (subject to hydrolysis) is 1. The molecule has 2 aromatic rings. The number of fused-ring (bicyclic) bond motifs is 8. The van der Waals surface area contributed by atoms with Crippen molar-refractivity contribution in [3.05, 3.63) is 76.9 Å². The van der Waals surface area contributed by atoms with Crippen molar-refractivity contribution in [2.24, 2.45) is 16.7 Å². The predicted molar refractivity (Wildman–Crippen MR) is 241 cm³/mol. The molecule has 0 radical (unpaired) electrons. The maximum atomic E-state index is 15.9. The Bertz CT molecular complexity index is 2270. The van der Waals surface area contributed by atoms with Gasteiger partial charge in [-0.05, 0) is 104 Å². The fourth-order valence-electron chi connectivity index (χ4n) is 11.2. The first kappa shape index (κ1) is 51.3. The third-order valence-electron chi connectivity index (χ3n) is 14.5. The Labute approximate surface area is 397 Å². The summed E-state index contributed by atoms with van der Waals surface area (Å²) < 4.78 is 73.0. The molecule has 3 heterocycles. The second kappa shape index (κ2) is 18.6. The van der Waals surface area contributed by atoms with Gasteiger partial charge >= 0.3 is 24.0 Å². The maximum Gasteiger partial charge on any atom is 0.408 e. The van der Waals surface area contributed by atoms with Crippen molar-refractivity contribution in [2.45, 2.75) is 160 Å². The van der Waals surface area contributed by atoms with Gasteiger partial charge in [-0.2, -0.15) is 0 Å². The monoisotopic (exact) mass is 953 g/mol. The molecule has 2 N–H and O–H groups in total. The van der Waals surface area contributed by atoms with Gasteiger partial charge in [0.15, 0.2) is 23.8 Å². The number of nitrogens with one attached hydrogen (secondary N) is 1. The molecule has 18 heteroatoms. The quantitative estimate of drug-likeness (QED) is 0.103. The molecule has 2 bridgehead atoms. The highest BCUT2D eigenvalue weighted by atomic mass is 19.1. The Kier molecular flexibility index (Phi) is 14.1. The van der Waals surface area contributed by atoms with Crippen LogP contribution in [-0.4, -0.2) is 139 Å². The van der Waals surface area contributed by atoms with E-state index < -0.39 is 118 Å². The Morgan fingerprint density at radius 1 is 1.01 bits per heavy atom. The first-order valence-electron chi connectivity index (χ1n) is 23.2. The van der Waals surface area contributed by atoms with Crippen LogP contribution in [0, 0.1) is 22.6 Å². The van der Waals surface area contributed by atoms with Crippen LogP contribution in [0.2, 0.25) is 0 Å². The van der Waals surface area contributed by atoms with Crippen molar-refractivity contribution in [2.75, 3.05) is 34.4 Å². The average molecular weight is 954 g/mol. The maximum absolute atomic E-state index is 15.9. The van der Waals surface area contributed by atoms with Crippen molar-refractivity contribution < 1.29 is 71.3 Å². The molecule has 2 saturated carbocycles. The number of methoxy groups -OCH3 is 1. The van der Waals surface area contributed by atoms with Crippen molar-refractivity contribution in [3.8, 4) is 0 Å². The molecule has 1 unspecified atom stereocenters. The number of benzene rings is 1. The highest BCUT2D eigenvalue weighted by Gasteiger charge is 2.77. The van der Waals surface area contributed by atoms with Crippen LogP contribution in [0.5, 0.6) is 0 Å². The van der Waals surface area contributed by atoms with Gasteiger partial charge in [0.05, 0.1) is 24.2 Å². The van der Waals surface area contributed by atoms with E-state index in [1.807, 2.05) is 39.8 Å². The normalized spacial score (nSPS) is 32.7. The molecule has 1 aromatic heterocycles. The molecular weight excluding hydrogens is 886 g/mol. The zero-order valence-electron chi connectivity index (χ0n) is 41.4. The lowest BCUT2D eigenvalue weighted by atomic mass is 9.45. The smallest absolute Gasteiger partial charge is 0.408 e. The number of nitrogens with zero attached hydrogens (tertiary/aromatic N) is 2. The van der Waals surface area contributed by atoms with E-state index in [1.165, 1.54) is 40.1 Å². The highest BCUT2D eigenvalue weighted by Crippen LogP contribution is 2.66. The van der Waals surface area contributed by atoms with Crippen LogP contribution in [0.4, 0.5) is 9.18 Å². The fourth-order valence-corrected chi connectivity index (χ4v) is 11.2. The molecule has 4 fully saturated rings. The Hall–Kier alpha value is -4.56. The van der Waals surface area contributed by atoms with Crippen LogP contribution in [0.1, 0.15) is 111 Å². The lowest BCUT2D eigenvalue weighted by molar-refractivity contribution is -0.345. The number of hydrogen-bond acceptors (Lipinski definition) is 16. The van der Waals surface area contributed by atoms with Crippen LogP contribution < -0.4 is 5.32 Å². The topological polar surface area (TPSA) is 200 Å². The molecule has 68 heavy (non-hydrogen) atoms. The van der Waals surface area contributed by atoms with Crippen molar-refractivity contribution in [1.82, 2.24) is 15.2 Å². The molecule has 17 nitrogen and oxygen atoms in total. The summed E-state index contributed by atoms with van der Waals surface area (Å²) >= 11 is 0. The predicted octanol–water partition coefficient (Wildman–Crippen LogP) is 5.97. The van der Waals surface area contributed by atoms with Gasteiger partial charge in [0.2, 0.25) is 0 Å². The molecular formula is C50H68FN3O14. The van der Waals surface area contributed by atoms with E-state index in [1.54, 1.807) is 58.0 Å². The van der Waals surface area contributed by atoms with Gasteiger partial charge in [-0.25, -0.2) is 18.8 Å². The van der Waals surface area contributed by atoms with E-state index in [2.05, 4.69) is 10.3 Å². The number of carbonyl (C=O) groups is 4. The largest absolute Gasteiger partial charge is 0.456 e. The molecule has 12 atom stereocenters. The summed E-state index contributed by atoms with van der Waals surface area (Å²) in [5.41, 5.74) is -6.00. The third-order valence-corrected chi connectivity index (χ3v) is 14.5. The molecule has 2 saturated heterocycles. The summed E-state index contributed by atoms with van der Waals surface area (Å²) in [5.74, 6) is -5.83. The second-order valence-electron chi connectivity index (χ2n) is 21.3. The Morgan fingerprint density at radius 3 is 2.29 bits per heavy atom. The molecule has 374 valence electrons. The Balaban J connectivity index is 1.43. The van der Waals surface area contributed by atoms with Gasteiger partial charge in [-0.3, -0.25) is 9.78 Å². The zero-order valence-corrected chi connectivity index (χ0v) is 41.4. The van der Waals surface area contributed by atoms with Gasteiger partial charge in [0, 0.05) is 44.0 Å². The van der Waals surface area contributed by atoms with Crippen LogP contribution in [0.3, 0.4) is 0 Å². The van der Waals surface area contributed by atoms with Crippen molar-refractivity contribution in [3.63, 3.8) is 0 Å². The number of pyridine rings is 1. The standard InChI is InChI=1S/C50H68FN3O14/c1-27-31(62-43(57)38(67-47(8,9)60-13)36(35-30(51)20-17-23-52-35)53-44(58)68-45(3,4)5)24-50(59)41(65-42(56)29-18-15-14-16-19-29)39-48(10,22-21-32-49(39,26-61-32)66-28(2)55)40-37(34(27)46(50,6)7)63-33(64-40)25-54(11)12/h14-20,23,31-33,36-41,59H,21-22,24-26H2,1-13H3,(H,53,58)/t31-,32?,33+,36+,37+,38+,39-,40+,41-,48+,49-,50+/m0/s1. The first-order chi connectivity index (χ1) is 31.7. The minimum atomic E-state index is -2.13. The fraction of sp³-hybridized carbons (Fsp3) is 0.660.